The van der Waals surface area contributed by atoms with E-state index in [1.165, 1.54) is 0 Å². The molecule has 2 atom stereocenters. The number of methoxy groups -OCH3 is 1. The van der Waals surface area contributed by atoms with Crippen molar-refractivity contribution >= 4 is 5.91 Å². The van der Waals surface area contributed by atoms with Crippen molar-refractivity contribution < 1.29 is 9.53 Å². The van der Waals surface area contributed by atoms with Crippen molar-refractivity contribution in [1.82, 2.24) is 25.2 Å². The summed E-state index contributed by atoms with van der Waals surface area (Å²) in [5.74, 6) is 0.958. The van der Waals surface area contributed by atoms with E-state index in [-0.39, 0.29) is 18.0 Å². The molecule has 1 aliphatic heterocycles. The highest BCUT2D eigenvalue weighted by Crippen LogP contribution is 2.25. The maximum Gasteiger partial charge on any atom is 0.239 e. The zero-order chi connectivity index (χ0) is 17.8. The summed E-state index contributed by atoms with van der Waals surface area (Å²) >= 11 is 0. The highest BCUT2D eigenvalue weighted by Gasteiger charge is 2.33. The number of hydrogen-bond acceptors (Lipinski definition) is 5. The van der Waals surface area contributed by atoms with Crippen LogP contribution in [0.2, 0.25) is 0 Å². The van der Waals surface area contributed by atoms with Crippen molar-refractivity contribution in [1.29, 1.82) is 0 Å². The minimum absolute atomic E-state index is 0.136. The number of ether oxygens (including phenoxy) is 1. The van der Waals surface area contributed by atoms with Gasteiger partial charge in [0.2, 0.25) is 5.91 Å². The second kappa shape index (κ2) is 7.65. The molecule has 7 nitrogen and oxygen atoms in total. The number of nitrogens with zero attached hydrogens (tertiary/aromatic N) is 4. The third-order valence-corrected chi connectivity index (χ3v) is 4.73. The number of carbonyl (C=O) groups is 1. The molecule has 2 unspecified atom stereocenters. The van der Waals surface area contributed by atoms with E-state index >= 15 is 0 Å². The molecule has 2 aromatic rings. The first-order valence-electron chi connectivity index (χ1n) is 8.74. The van der Waals surface area contributed by atoms with Gasteiger partial charge < -0.3 is 15.0 Å². The SMILES string of the molecule is CCN(CC)C(=O)C1CC(n2cc(-c3cccc(OC)c3)nn2)CN1. The Hall–Kier alpha value is -2.41. The Bertz CT molecular complexity index is 726. The van der Waals surface area contributed by atoms with Gasteiger partial charge in [-0.05, 0) is 32.4 Å². The van der Waals surface area contributed by atoms with Crippen LogP contribution in [-0.4, -0.2) is 58.6 Å². The fraction of sp³-hybridized carbons (Fsp3) is 0.500. The van der Waals surface area contributed by atoms with Gasteiger partial charge in [-0.1, -0.05) is 17.3 Å². The third kappa shape index (κ3) is 3.66. The van der Waals surface area contributed by atoms with E-state index in [9.17, 15) is 4.79 Å². The molecule has 1 fully saturated rings. The molecule has 134 valence electrons. The van der Waals surface area contributed by atoms with Gasteiger partial charge in [-0.3, -0.25) is 4.79 Å². The summed E-state index contributed by atoms with van der Waals surface area (Å²) < 4.78 is 7.12. The molecule has 7 heteroatoms. The largest absolute Gasteiger partial charge is 0.497 e. The number of carbonyl (C=O) groups excluding carboxylic acids is 1. The van der Waals surface area contributed by atoms with Crippen molar-refractivity contribution in [2.24, 2.45) is 0 Å². The summed E-state index contributed by atoms with van der Waals surface area (Å²) in [6, 6.07) is 7.75. The predicted octanol–water partition coefficient (Wildman–Crippen LogP) is 1.73. The van der Waals surface area contributed by atoms with Crippen LogP contribution in [0.15, 0.2) is 30.5 Å². The van der Waals surface area contributed by atoms with Crippen molar-refractivity contribution in [3.63, 3.8) is 0 Å². The first-order valence-corrected chi connectivity index (χ1v) is 8.74. The van der Waals surface area contributed by atoms with Gasteiger partial charge in [0, 0.05) is 25.2 Å². The fourth-order valence-electron chi connectivity index (χ4n) is 3.23. The van der Waals surface area contributed by atoms with Crippen LogP contribution in [0.3, 0.4) is 0 Å². The fourth-order valence-corrected chi connectivity index (χ4v) is 3.23. The molecule has 0 bridgehead atoms. The molecule has 2 heterocycles. The topological polar surface area (TPSA) is 72.3 Å². The Kier molecular flexibility index (Phi) is 5.33. The highest BCUT2D eigenvalue weighted by atomic mass is 16.5. The normalized spacial score (nSPS) is 19.8. The summed E-state index contributed by atoms with van der Waals surface area (Å²) in [6.45, 7) is 6.21. The van der Waals surface area contributed by atoms with Gasteiger partial charge >= 0.3 is 0 Å². The summed E-state index contributed by atoms with van der Waals surface area (Å²) in [6.07, 6.45) is 2.67. The zero-order valence-electron chi connectivity index (χ0n) is 15.0. The lowest BCUT2D eigenvalue weighted by molar-refractivity contribution is -0.132. The Morgan fingerprint density at radius 1 is 1.40 bits per heavy atom. The number of amides is 1. The summed E-state index contributed by atoms with van der Waals surface area (Å²) in [4.78, 5) is 14.4. The van der Waals surface area contributed by atoms with Crippen LogP contribution in [0.5, 0.6) is 5.75 Å². The number of hydrogen-bond donors (Lipinski definition) is 1. The van der Waals surface area contributed by atoms with E-state index in [0.717, 1.165) is 43.1 Å². The van der Waals surface area contributed by atoms with Crippen LogP contribution in [0.1, 0.15) is 26.3 Å². The summed E-state index contributed by atoms with van der Waals surface area (Å²) in [5, 5.41) is 11.9. The van der Waals surface area contributed by atoms with Crippen molar-refractivity contribution in [2.45, 2.75) is 32.4 Å². The molecule has 0 aliphatic carbocycles. The molecule has 1 aromatic carbocycles. The minimum atomic E-state index is -0.144. The van der Waals surface area contributed by atoms with E-state index in [4.69, 9.17) is 4.74 Å². The molecular weight excluding hydrogens is 318 g/mol. The lowest BCUT2D eigenvalue weighted by atomic mass is 10.1. The average Bonchev–Trinajstić information content (AvgIpc) is 3.32. The Balaban J connectivity index is 1.70. The number of benzene rings is 1. The molecule has 1 N–H and O–H groups in total. The Morgan fingerprint density at radius 2 is 2.20 bits per heavy atom. The van der Waals surface area contributed by atoms with Gasteiger partial charge in [0.05, 0.1) is 25.4 Å². The number of likely N-dealkylation sites (N-methyl/N-ethyl adjacent to an activating group) is 1. The highest BCUT2D eigenvalue weighted by molar-refractivity contribution is 5.82. The van der Waals surface area contributed by atoms with E-state index < -0.39 is 0 Å². The molecule has 25 heavy (non-hydrogen) atoms. The molecule has 0 radical (unpaired) electrons. The second-order valence-corrected chi connectivity index (χ2v) is 6.18. The monoisotopic (exact) mass is 343 g/mol. The molecule has 0 saturated carbocycles. The van der Waals surface area contributed by atoms with Gasteiger partial charge in [-0.25, -0.2) is 4.68 Å². The Morgan fingerprint density at radius 3 is 2.92 bits per heavy atom. The number of rotatable bonds is 6. The molecular formula is C18H25N5O2. The van der Waals surface area contributed by atoms with Crippen LogP contribution in [0, 0.1) is 0 Å². The van der Waals surface area contributed by atoms with Crippen molar-refractivity contribution in [2.75, 3.05) is 26.7 Å². The standard InChI is InChI=1S/C18H25N5O2/c1-4-22(5-2)18(24)16-10-14(11-19-16)23-12-17(20-21-23)13-7-6-8-15(9-13)25-3/h6-9,12,14,16,19H,4-5,10-11H2,1-3H3. The van der Waals surface area contributed by atoms with Crippen LogP contribution >= 0.6 is 0 Å². The van der Waals surface area contributed by atoms with E-state index in [1.54, 1.807) is 7.11 Å². The van der Waals surface area contributed by atoms with Crippen LogP contribution in [0.4, 0.5) is 0 Å². The lowest BCUT2D eigenvalue weighted by Crippen LogP contribution is -2.43. The van der Waals surface area contributed by atoms with Gasteiger partial charge in [0.1, 0.15) is 11.4 Å². The van der Waals surface area contributed by atoms with Crippen LogP contribution in [-0.2, 0) is 4.79 Å². The molecule has 1 aliphatic rings. The molecule has 1 aromatic heterocycles. The van der Waals surface area contributed by atoms with Gasteiger partial charge in [-0.2, -0.15) is 0 Å². The maximum atomic E-state index is 12.5. The minimum Gasteiger partial charge on any atom is -0.497 e. The molecule has 0 spiro atoms. The number of nitrogens with one attached hydrogen (secondary N) is 1. The molecule has 3 rings (SSSR count). The van der Waals surface area contributed by atoms with Gasteiger partial charge in [0.25, 0.3) is 0 Å². The Labute approximate surface area is 148 Å². The number of aromatic nitrogens is 3. The summed E-state index contributed by atoms with van der Waals surface area (Å²) in [7, 11) is 1.65. The van der Waals surface area contributed by atoms with E-state index in [1.807, 2.05) is 53.9 Å². The van der Waals surface area contributed by atoms with Crippen molar-refractivity contribution in [3.8, 4) is 17.0 Å². The van der Waals surface area contributed by atoms with Crippen molar-refractivity contribution in [3.05, 3.63) is 30.5 Å². The quantitative estimate of drug-likeness (QED) is 0.865. The van der Waals surface area contributed by atoms with Gasteiger partial charge in [0.15, 0.2) is 0 Å². The lowest BCUT2D eigenvalue weighted by Gasteiger charge is -2.22. The molecule has 1 saturated heterocycles. The first-order chi connectivity index (χ1) is 12.2. The zero-order valence-corrected chi connectivity index (χ0v) is 15.0. The predicted molar refractivity (Wildman–Crippen MR) is 95.4 cm³/mol. The smallest absolute Gasteiger partial charge is 0.239 e. The average molecular weight is 343 g/mol. The second-order valence-electron chi connectivity index (χ2n) is 6.18. The van der Waals surface area contributed by atoms with E-state index in [2.05, 4.69) is 15.6 Å². The van der Waals surface area contributed by atoms with Crippen LogP contribution < -0.4 is 10.1 Å². The summed E-state index contributed by atoms with van der Waals surface area (Å²) in [5.41, 5.74) is 1.77. The van der Waals surface area contributed by atoms with Gasteiger partial charge in [-0.15, -0.1) is 5.10 Å². The first kappa shape index (κ1) is 17.4. The molecule has 1 amide bonds. The van der Waals surface area contributed by atoms with E-state index in [0.29, 0.717) is 0 Å². The maximum absolute atomic E-state index is 12.5. The van der Waals surface area contributed by atoms with Crippen LogP contribution in [0.25, 0.3) is 11.3 Å². The third-order valence-electron chi connectivity index (χ3n) is 4.73.